The number of rotatable bonds is 1. The van der Waals surface area contributed by atoms with Gasteiger partial charge < -0.3 is 10.6 Å². The van der Waals surface area contributed by atoms with E-state index in [1.165, 1.54) is 0 Å². The average molecular weight is 323 g/mol. The van der Waals surface area contributed by atoms with Crippen molar-refractivity contribution in [1.29, 1.82) is 0 Å². The quantitative estimate of drug-likeness (QED) is 0.777. The first-order valence-corrected chi connectivity index (χ1v) is 6.34. The number of nitrogens with zero attached hydrogens (tertiary/aromatic N) is 1. The zero-order valence-electron chi connectivity index (χ0n) is 8.57. The highest BCUT2D eigenvalue weighted by Gasteiger charge is 2.15. The number of anilines is 1. The molecule has 1 aromatic carbocycles. The lowest BCUT2D eigenvalue weighted by atomic mass is 10.2. The first kappa shape index (κ1) is 12.0. The van der Waals surface area contributed by atoms with Gasteiger partial charge in [0.05, 0.1) is 26.8 Å². The molecule has 2 N–H and O–H groups in total. The Hall–Kier alpha value is -0.450. The summed E-state index contributed by atoms with van der Waals surface area (Å²) in [6, 6.07) is 1.82. The summed E-state index contributed by atoms with van der Waals surface area (Å²) in [5.41, 5.74) is 1.68. The van der Waals surface area contributed by atoms with Crippen LogP contribution in [-0.4, -0.2) is 19.0 Å². The molecule has 1 aromatic rings. The Morgan fingerprint density at radius 3 is 2.88 bits per heavy atom. The lowest BCUT2D eigenvalue weighted by Crippen LogP contribution is -2.26. The Morgan fingerprint density at radius 2 is 2.25 bits per heavy atom. The van der Waals surface area contributed by atoms with Gasteiger partial charge in [0.15, 0.2) is 5.96 Å². The summed E-state index contributed by atoms with van der Waals surface area (Å²) >= 11 is 15.7. The molecule has 0 saturated heterocycles. The number of benzene rings is 1. The standard InChI is InChI=1S/C10H10BrCl2N3/c1-5-4-6(12)7(11)9(8(5)13)16-10-14-2-3-15-10/h4H,2-3H2,1H3,(H2,14,15,16). The minimum absolute atomic E-state index is 0.628. The number of aliphatic imine (C=N–C) groups is 1. The number of guanidine groups is 1. The van der Waals surface area contributed by atoms with Crippen LogP contribution in [0.5, 0.6) is 0 Å². The second-order valence-corrected chi connectivity index (χ2v) is 5.04. The number of nitrogens with one attached hydrogen (secondary N) is 2. The van der Waals surface area contributed by atoms with Crippen LogP contribution < -0.4 is 10.6 Å². The first-order valence-electron chi connectivity index (χ1n) is 4.79. The van der Waals surface area contributed by atoms with Gasteiger partial charge in [-0.1, -0.05) is 23.2 Å². The molecule has 0 saturated carbocycles. The van der Waals surface area contributed by atoms with E-state index in [9.17, 15) is 0 Å². The van der Waals surface area contributed by atoms with Gasteiger partial charge in [-0.05, 0) is 34.5 Å². The van der Waals surface area contributed by atoms with Gasteiger partial charge in [0.1, 0.15) is 0 Å². The van der Waals surface area contributed by atoms with Gasteiger partial charge in [-0.2, -0.15) is 0 Å². The molecular formula is C10H10BrCl2N3. The Labute approximate surface area is 112 Å². The van der Waals surface area contributed by atoms with Crippen molar-refractivity contribution in [1.82, 2.24) is 5.32 Å². The van der Waals surface area contributed by atoms with Gasteiger partial charge in [-0.25, -0.2) is 0 Å². The molecule has 0 radical (unpaired) electrons. The van der Waals surface area contributed by atoms with Crippen molar-refractivity contribution in [3.8, 4) is 0 Å². The molecule has 1 heterocycles. The van der Waals surface area contributed by atoms with Crippen LogP contribution in [0.4, 0.5) is 5.69 Å². The smallest absolute Gasteiger partial charge is 0.195 e. The van der Waals surface area contributed by atoms with E-state index in [1.807, 2.05) is 13.0 Å². The minimum Gasteiger partial charge on any atom is -0.354 e. The van der Waals surface area contributed by atoms with Crippen LogP contribution in [0.25, 0.3) is 0 Å². The molecule has 1 aliphatic rings. The molecule has 0 aromatic heterocycles. The Kier molecular flexibility index (Phi) is 3.62. The maximum atomic E-state index is 6.21. The van der Waals surface area contributed by atoms with E-state index in [-0.39, 0.29) is 0 Å². The van der Waals surface area contributed by atoms with Crippen LogP contribution in [0.2, 0.25) is 10.0 Å². The van der Waals surface area contributed by atoms with Crippen molar-refractivity contribution in [2.75, 3.05) is 18.4 Å². The molecule has 0 bridgehead atoms. The van der Waals surface area contributed by atoms with Crippen LogP contribution in [0.3, 0.4) is 0 Å². The number of hydrogen-bond acceptors (Lipinski definition) is 3. The molecule has 0 unspecified atom stereocenters. The van der Waals surface area contributed by atoms with Gasteiger partial charge >= 0.3 is 0 Å². The number of aryl methyl sites for hydroxylation is 1. The third-order valence-electron chi connectivity index (χ3n) is 2.26. The van der Waals surface area contributed by atoms with Crippen molar-refractivity contribution in [2.24, 2.45) is 4.99 Å². The highest BCUT2D eigenvalue weighted by molar-refractivity contribution is 9.10. The SMILES string of the molecule is Cc1cc(Cl)c(Br)c(NC2=NCCN2)c1Cl. The van der Waals surface area contributed by atoms with Crippen LogP contribution in [0.15, 0.2) is 15.5 Å². The van der Waals surface area contributed by atoms with Crippen molar-refractivity contribution in [2.45, 2.75) is 6.92 Å². The van der Waals surface area contributed by atoms with Crippen LogP contribution in [0, 0.1) is 6.92 Å². The van der Waals surface area contributed by atoms with Gasteiger partial charge in [-0.3, -0.25) is 4.99 Å². The van der Waals surface area contributed by atoms with Crippen molar-refractivity contribution in [3.05, 3.63) is 26.1 Å². The summed E-state index contributed by atoms with van der Waals surface area (Å²) in [6.45, 7) is 3.53. The van der Waals surface area contributed by atoms with E-state index in [1.54, 1.807) is 0 Å². The normalized spacial score (nSPS) is 14.6. The van der Waals surface area contributed by atoms with E-state index in [0.717, 1.165) is 34.8 Å². The van der Waals surface area contributed by atoms with Gasteiger partial charge in [0.2, 0.25) is 0 Å². The second-order valence-electron chi connectivity index (χ2n) is 3.46. The maximum Gasteiger partial charge on any atom is 0.195 e. The van der Waals surface area contributed by atoms with Crippen LogP contribution >= 0.6 is 39.1 Å². The summed E-state index contributed by atoms with van der Waals surface area (Å²) in [6.07, 6.45) is 0. The van der Waals surface area contributed by atoms with E-state index in [2.05, 4.69) is 31.6 Å². The predicted molar refractivity (Wildman–Crippen MR) is 72.8 cm³/mol. The highest BCUT2D eigenvalue weighted by Crippen LogP contribution is 2.38. The highest BCUT2D eigenvalue weighted by atomic mass is 79.9. The largest absolute Gasteiger partial charge is 0.354 e. The lowest BCUT2D eigenvalue weighted by Gasteiger charge is -2.13. The monoisotopic (exact) mass is 321 g/mol. The summed E-state index contributed by atoms with van der Waals surface area (Å²) < 4.78 is 0.751. The fourth-order valence-corrected chi connectivity index (χ4v) is 2.42. The van der Waals surface area contributed by atoms with Crippen molar-refractivity contribution in [3.63, 3.8) is 0 Å². The Balaban J connectivity index is 2.38. The molecule has 2 rings (SSSR count). The van der Waals surface area contributed by atoms with E-state index in [0.29, 0.717) is 10.0 Å². The summed E-state index contributed by atoms with van der Waals surface area (Å²) in [5.74, 6) is 0.726. The Bertz CT molecular complexity index is 434. The predicted octanol–water partition coefficient (Wildman–Crippen LogP) is 3.44. The fraction of sp³-hybridized carbons (Fsp3) is 0.300. The molecule has 6 heteroatoms. The molecule has 1 aliphatic heterocycles. The number of halogens is 3. The number of hydrogen-bond donors (Lipinski definition) is 2. The zero-order valence-corrected chi connectivity index (χ0v) is 11.7. The third kappa shape index (κ3) is 2.29. The van der Waals surface area contributed by atoms with Gasteiger partial charge in [0.25, 0.3) is 0 Å². The molecule has 0 spiro atoms. The average Bonchev–Trinajstić information content (AvgIpc) is 2.74. The van der Waals surface area contributed by atoms with Gasteiger partial charge in [0, 0.05) is 6.54 Å². The molecular weight excluding hydrogens is 313 g/mol. The zero-order chi connectivity index (χ0) is 11.7. The topological polar surface area (TPSA) is 36.4 Å². The molecule has 3 nitrogen and oxygen atoms in total. The summed E-state index contributed by atoms with van der Waals surface area (Å²) in [5, 5.41) is 7.52. The second kappa shape index (κ2) is 4.82. The van der Waals surface area contributed by atoms with E-state index >= 15 is 0 Å². The van der Waals surface area contributed by atoms with Crippen LogP contribution in [0.1, 0.15) is 5.56 Å². The molecule has 0 fully saturated rings. The van der Waals surface area contributed by atoms with E-state index in [4.69, 9.17) is 23.2 Å². The molecule has 86 valence electrons. The molecule has 0 aliphatic carbocycles. The Morgan fingerprint density at radius 1 is 1.50 bits per heavy atom. The maximum absolute atomic E-state index is 6.21. The lowest BCUT2D eigenvalue weighted by molar-refractivity contribution is 0.959. The fourth-order valence-electron chi connectivity index (χ4n) is 1.44. The molecule has 0 atom stereocenters. The van der Waals surface area contributed by atoms with Crippen molar-refractivity contribution >= 4 is 50.8 Å². The molecule has 0 amide bonds. The first-order chi connectivity index (χ1) is 7.59. The summed E-state index contributed by atoms with van der Waals surface area (Å²) in [4.78, 5) is 4.24. The minimum atomic E-state index is 0.628. The van der Waals surface area contributed by atoms with Crippen molar-refractivity contribution < 1.29 is 0 Å². The summed E-state index contributed by atoms with van der Waals surface area (Å²) in [7, 11) is 0. The van der Waals surface area contributed by atoms with Crippen LogP contribution in [-0.2, 0) is 0 Å². The van der Waals surface area contributed by atoms with Gasteiger partial charge in [-0.15, -0.1) is 0 Å². The third-order valence-corrected chi connectivity index (χ3v) is 4.09. The van der Waals surface area contributed by atoms with E-state index < -0.39 is 0 Å². The molecule has 16 heavy (non-hydrogen) atoms.